The molecule has 8 rings (SSSR count). The molecule has 4 aromatic heterocycles. The number of thiol groups is 2. The SMILES string of the molecule is Nc1nc2c(ncn2C2OC3COP(=O)(S)OC4C(COP(=O)(S)OC3C2O)OC(n2cnc3c(=O)[nH]c(N)nc32)C4NC(=O)CCOCCOCCOCCOCCNC(=O)CCN2C(=O)C=CC2=O)c(=O)[nH]1. The Balaban J connectivity index is 0.827. The van der Waals surface area contributed by atoms with E-state index in [0.29, 0.717) is 0 Å². The number of amides is 4. The first-order chi connectivity index (χ1) is 35.4. The molecule has 0 bridgehead atoms. The lowest BCUT2D eigenvalue weighted by molar-refractivity contribution is -0.137. The Morgan fingerprint density at radius 3 is 1.77 bits per heavy atom. The zero-order valence-electron chi connectivity index (χ0n) is 38.7. The summed E-state index contributed by atoms with van der Waals surface area (Å²) in [5.41, 5.74) is 9.80. The Hall–Kier alpha value is -5.16. The topological polar surface area (TPSA) is 421 Å². The van der Waals surface area contributed by atoms with Gasteiger partial charge in [-0.25, -0.2) is 19.1 Å². The third-order valence-electron chi connectivity index (χ3n) is 11.4. The largest absolute Gasteiger partial charge is 0.386 e. The number of hydrogen-bond donors (Lipinski definition) is 9. The molecule has 32 nitrogen and oxygen atoms in total. The predicted molar refractivity (Wildman–Crippen MR) is 257 cm³/mol. The first-order valence-corrected chi connectivity index (χ1v) is 27.9. The number of imide groups is 1. The van der Waals surface area contributed by atoms with Crippen molar-refractivity contribution >= 4 is 95.9 Å². The van der Waals surface area contributed by atoms with Gasteiger partial charge in [0.25, 0.3) is 22.9 Å². The van der Waals surface area contributed by atoms with E-state index >= 15 is 0 Å². The number of aromatic amines is 2. The first-order valence-electron chi connectivity index (χ1n) is 22.5. The van der Waals surface area contributed by atoms with E-state index in [2.05, 4.69) is 65.0 Å². The van der Waals surface area contributed by atoms with E-state index < -0.39 is 105 Å². The van der Waals surface area contributed by atoms with Crippen LogP contribution < -0.4 is 33.2 Å². The number of carbonyl (C=O) groups is 4. The molecule has 3 saturated heterocycles. The summed E-state index contributed by atoms with van der Waals surface area (Å²) in [5, 5.41) is 16.9. The number of aromatic nitrogens is 8. The molecule has 74 heavy (non-hydrogen) atoms. The van der Waals surface area contributed by atoms with Gasteiger partial charge in [0.15, 0.2) is 34.8 Å². The molecule has 404 valence electrons. The Morgan fingerprint density at radius 2 is 1.20 bits per heavy atom. The molecule has 4 amide bonds. The zero-order valence-corrected chi connectivity index (χ0v) is 42.3. The Morgan fingerprint density at radius 1 is 0.716 bits per heavy atom. The number of ether oxygens (including phenoxy) is 6. The van der Waals surface area contributed by atoms with Gasteiger partial charge >= 0.3 is 13.6 Å². The molecule has 10 unspecified atom stereocenters. The van der Waals surface area contributed by atoms with Crippen molar-refractivity contribution in [3.8, 4) is 0 Å². The molecular weight excluding hydrogens is 1070 g/mol. The van der Waals surface area contributed by atoms with Crippen LogP contribution in [0.5, 0.6) is 0 Å². The third kappa shape index (κ3) is 13.4. The van der Waals surface area contributed by atoms with Crippen LogP contribution in [0.25, 0.3) is 22.3 Å². The van der Waals surface area contributed by atoms with Gasteiger partial charge in [0.2, 0.25) is 23.7 Å². The zero-order chi connectivity index (χ0) is 52.7. The van der Waals surface area contributed by atoms with E-state index in [-0.39, 0.29) is 119 Å². The number of anilines is 2. The Bertz CT molecular complexity index is 2940. The van der Waals surface area contributed by atoms with Crippen LogP contribution in [0.3, 0.4) is 0 Å². The number of aliphatic hydroxyl groups excluding tert-OH is 1. The molecule has 0 saturated carbocycles. The van der Waals surface area contributed by atoms with Crippen molar-refractivity contribution in [1.29, 1.82) is 0 Å². The number of rotatable bonds is 21. The van der Waals surface area contributed by atoms with Crippen LogP contribution in [0, 0.1) is 0 Å². The lowest BCUT2D eigenvalue weighted by atomic mass is 10.1. The first kappa shape index (κ1) is 55.1. The molecule has 0 aromatic carbocycles. The highest BCUT2D eigenvalue weighted by Crippen LogP contribution is 2.60. The molecular formula is C38H51N13O19P2S2. The average molecular weight is 1120 g/mol. The highest BCUT2D eigenvalue weighted by atomic mass is 32.7. The number of imidazole rings is 2. The standard InChI is InChI=1S/C38H51N13O19P2S2/c39-37-45-31-26(33(57)47-37)42-17-50(31)35-25(44-22(53)4-7-61-9-11-63-13-14-64-12-10-62-8-5-41-21(52)3-6-49-23(54)1-2-24(49)55)29-19(67-35)15-65-72(60,74)70-30-20(16-66-71(59,73)69-29)68-36(28(30)56)51-18-43-27-32(51)46-38(40)48-34(27)58/h1-2,17-20,25,28-30,35-36,56H,3-16H2,(H,41,52)(H,44,53)(H,59,73)(H,60,74)(H3,39,45,47,57)(H3,40,46,48,58). The van der Waals surface area contributed by atoms with E-state index in [1.165, 1.54) is 15.5 Å². The van der Waals surface area contributed by atoms with Crippen LogP contribution in [0.2, 0.25) is 0 Å². The Kier molecular flexibility index (Phi) is 18.0. The normalized spacial score (nSPS) is 28.3. The van der Waals surface area contributed by atoms with Crippen molar-refractivity contribution in [1.82, 2.24) is 54.6 Å². The summed E-state index contributed by atoms with van der Waals surface area (Å²) in [6.45, 7) is -8.79. The lowest BCUT2D eigenvalue weighted by Crippen LogP contribution is -2.48. The second-order valence-corrected chi connectivity index (χ2v) is 22.1. The summed E-state index contributed by atoms with van der Waals surface area (Å²) in [6, 6.07) is -1.33. The summed E-state index contributed by atoms with van der Waals surface area (Å²) in [7, 11) is 0. The van der Waals surface area contributed by atoms with Crippen molar-refractivity contribution in [3.05, 3.63) is 45.5 Å². The minimum atomic E-state index is -4.54. The fraction of sp³-hybridized carbons (Fsp3) is 0.579. The van der Waals surface area contributed by atoms with Gasteiger partial charge in [0, 0.05) is 38.1 Å². The number of H-pyrrole nitrogens is 2. The van der Waals surface area contributed by atoms with Gasteiger partial charge < -0.3 is 55.6 Å². The summed E-state index contributed by atoms with van der Waals surface area (Å²) in [6.07, 6.45) is -5.85. The lowest BCUT2D eigenvalue weighted by Gasteiger charge is -2.30. The number of carbonyl (C=O) groups excluding carboxylic acids is 4. The van der Waals surface area contributed by atoms with Crippen molar-refractivity contribution in [2.75, 3.05) is 90.6 Å². The van der Waals surface area contributed by atoms with E-state index in [9.17, 15) is 43.0 Å². The maximum absolute atomic E-state index is 14.1. The maximum atomic E-state index is 14.1. The number of aliphatic hydroxyl groups is 1. The number of nitrogens with two attached hydrogens (primary N) is 2. The fourth-order valence-corrected chi connectivity index (χ4v) is 11.0. The highest BCUT2D eigenvalue weighted by Gasteiger charge is 2.54. The number of nitrogen functional groups attached to an aromatic ring is 2. The predicted octanol–water partition coefficient (Wildman–Crippen LogP) is -2.16. The van der Waals surface area contributed by atoms with E-state index in [1.807, 2.05) is 0 Å². The van der Waals surface area contributed by atoms with Crippen molar-refractivity contribution < 1.29 is 79.9 Å². The molecule has 36 heteroatoms. The van der Waals surface area contributed by atoms with Crippen LogP contribution in [-0.4, -0.2) is 188 Å². The molecule has 4 aliphatic rings. The molecule has 4 aromatic rings. The third-order valence-corrected chi connectivity index (χ3v) is 14.6. The van der Waals surface area contributed by atoms with E-state index in [4.69, 9.17) is 58.0 Å². The van der Waals surface area contributed by atoms with Crippen LogP contribution in [0.1, 0.15) is 25.3 Å². The van der Waals surface area contributed by atoms with Crippen molar-refractivity contribution in [2.45, 2.75) is 61.9 Å². The molecule has 4 aliphatic heterocycles. The van der Waals surface area contributed by atoms with Crippen molar-refractivity contribution in [3.63, 3.8) is 0 Å². The summed E-state index contributed by atoms with van der Waals surface area (Å²) in [5.74, 6) is -2.38. The summed E-state index contributed by atoms with van der Waals surface area (Å²) >= 11 is 8.36. The van der Waals surface area contributed by atoms with Crippen LogP contribution >= 0.6 is 38.1 Å². The summed E-state index contributed by atoms with van der Waals surface area (Å²) < 4.78 is 88.0. The number of fused-ring (bicyclic) bond motifs is 4. The number of nitrogens with one attached hydrogen (secondary N) is 4. The van der Waals surface area contributed by atoms with E-state index in [0.717, 1.165) is 23.4 Å². The fourth-order valence-electron chi connectivity index (χ4n) is 7.97. The summed E-state index contributed by atoms with van der Waals surface area (Å²) in [4.78, 5) is 96.0. The van der Waals surface area contributed by atoms with Gasteiger partial charge in [-0.3, -0.25) is 70.9 Å². The minimum absolute atomic E-state index is 0.00769. The molecule has 10 atom stereocenters. The minimum Gasteiger partial charge on any atom is -0.386 e. The number of nitrogens with zero attached hydrogens (tertiary/aromatic N) is 7. The van der Waals surface area contributed by atoms with Gasteiger partial charge in [0.1, 0.15) is 36.6 Å². The monoisotopic (exact) mass is 1120 g/mol. The molecule has 0 radical (unpaired) electrons. The van der Waals surface area contributed by atoms with Gasteiger partial charge in [-0.05, 0) is 0 Å². The second kappa shape index (κ2) is 24.2. The van der Waals surface area contributed by atoms with Crippen LogP contribution in [0.4, 0.5) is 11.9 Å². The average Bonchev–Trinajstić information content (AvgIpc) is 4.16. The molecule has 8 heterocycles. The Labute approximate surface area is 427 Å². The quantitative estimate of drug-likeness (QED) is 0.0186. The second-order valence-electron chi connectivity index (χ2n) is 16.4. The molecule has 0 aliphatic carbocycles. The van der Waals surface area contributed by atoms with Crippen LogP contribution in [-0.2, 0) is 74.8 Å². The van der Waals surface area contributed by atoms with Gasteiger partial charge in [-0.1, -0.05) is 24.5 Å². The smallest absolute Gasteiger partial charge is 0.386 e. The number of hydrogen-bond acceptors (Lipinski definition) is 25. The molecule has 0 spiro atoms. The van der Waals surface area contributed by atoms with Gasteiger partial charge in [-0.2, -0.15) is 9.97 Å². The van der Waals surface area contributed by atoms with Crippen molar-refractivity contribution in [2.24, 2.45) is 0 Å². The van der Waals surface area contributed by atoms with Crippen LogP contribution in [0.15, 0.2) is 34.4 Å². The van der Waals surface area contributed by atoms with E-state index in [1.54, 1.807) is 0 Å². The van der Waals surface area contributed by atoms with Gasteiger partial charge in [-0.15, -0.1) is 0 Å². The van der Waals surface area contributed by atoms with Gasteiger partial charge in [0.05, 0.1) is 78.7 Å². The molecule has 3 fully saturated rings. The molecule has 9 N–H and O–H groups in total. The maximum Gasteiger partial charge on any atom is 0.386 e. The highest BCUT2D eigenvalue weighted by molar-refractivity contribution is 8.44.